The minimum Gasteiger partial charge on any atom is -0.748 e. The Morgan fingerprint density at radius 1 is 1.33 bits per heavy atom. The van der Waals surface area contributed by atoms with E-state index in [0.717, 1.165) is 18.7 Å². The van der Waals surface area contributed by atoms with Gasteiger partial charge in [0.05, 0.1) is 17.2 Å². The summed E-state index contributed by atoms with van der Waals surface area (Å²) >= 11 is 1.88. The lowest BCUT2D eigenvalue weighted by Crippen LogP contribution is -2.29. The molecule has 2 atom stereocenters. The molecule has 1 aromatic heterocycles. The van der Waals surface area contributed by atoms with Crippen molar-refractivity contribution in [2.24, 2.45) is 5.92 Å². The molecule has 27 heavy (non-hydrogen) atoms. The van der Waals surface area contributed by atoms with E-state index in [-0.39, 0.29) is 0 Å². The molecule has 150 valence electrons. The third-order valence-electron chi connectivity index (χ3n) is 4.81. The lowest BCUT2D eigenvalue weighted by Gasteiger charge is -2.33. The largest absolute Gasteiger partial charge is 0.748 e. The van der Waals surface area contributed by atoms with Crippen LogP contribution in [0.1, 0.15) is 34.8 Å². The molecule has 0 amide bonds. The highest BCUT2D eigenvalue weighted by Crippen LogP contribution is 2.41. The number of methoxy groups -OCH3 is 1. The molecule has 0 spiro atoms. The molecule has 1 aliphatic carbocycles. The van der Waals surface area contributed by atoms with Crippen molar-refractivity contribution in [3.8, 4) is 5.75 Å². The molecule has 1 heterocycles. The van der Waals surface area contributed by atoms with Gasteiger partial charge in [-0.15, -0.1) is 11.3 Å². The molecule has 0 saturated carbocycles. The highest BCUT2D eigenvalue weighted by Gasteiger charge is 2.29. The molecular weight excluding hydrogens is 382 g/mol. The fourth-order valence-corrected chi connectivity index (χ4v) is 4.64. The predicted molar refractivity (Wildman–Crippen MR) is 110 cm³/mol. The van der Waals surface area contributed by atoms with Crippen LogP contribution in [0.15, 0.2) is 35.7 Å². The quantitative estimate of drug-likeness (QED) is 0.738. The first-order valence-corrected chi connectivity index (χ1v) is 11.8. The van der Waals surface area contributed by atoms with Crippen LogP contribution in [-0.4, -0.2) is 39.9 Å². The summed E-state index contributed by atoms with van der Waals surface area (Å²) in [5.41, 5.74) is 2.95. The topological polar surface area (TPSA) is 78.5 Å². The minimum absolute atomic E-state index is 0.604. The minimum atomic E-state index is -3.92. The van der Waals surface area contributed by atoms with Crippen molar-refractivity contribution in [3.05, 3.63) is 51.7 Å². The molecule has 0 fully saturated rings. The molecule has 1 aromatic carbocycles. The van der Waals surface area contributed by atoms with E-state index < -0.39 is 10.1 Å². The van der Waals surface area contributed by atoms with Crippen molar-refractivity contribution in [1.29, 1.82) is 0 Å². The summed E-state index contributed by atoms with van der Waals surface area (Å²) < 4.78 is 32.8. The highest BCUT2D eigenvalue weighted by atomic mass is 32.2. The zero-order chi connectivity index (χ0) is 19.9. The van der Waals surface area contributed by atoms with E-state index >= 15 is 0 Å². The Morgan fingerprint density at radius 2 is 2.07 bits per heavy atom. The molecule has 0 radical (unpaired) electrons. The summed E-state index contributed by atoms with van der Waals surface area (Å²) in [5, 5.41) is 5.59. The normalized spacial score (nSPS) is 17.4. The van der Waals surface area contributed by atoms with Crippen molar-refractivity contribution in [2.45, 2.75) is 31.6 Å². The van der Waals surface area contributed by atoms with E-state index in [0.29, 0.717) is 18.1 Å². The zero-order valence-electron chi connectivity index (χ0n) is 16.1. The van der Waals surface area contributed by atoms with Crippen molar-refractivity contribution in [2.75, 3.05) is 27.0 Å². The molecule has 1 aliphatic rings. The van der Waals surface area contributed by atoms with E-state index in [1.807, 2.05) is 11.3 Å². The Hall–Kier alpha value is -1.41. The summed E-state index contributed by atoms with van der Waals surface area (Å²) in [5.74, 6) is 2.35. The van der Waals surface area contributed by atoms with Crippen molar-refractivity contribution < 1.29 is 17.7 Å². The van der Waals surface area contributed by atoms with Crippen LogP contribution in [0.2, 0.25) is 0 Å². The van der Waals surface area contributed by atoms with Gasteiger partial charge in [-0.1, -0.05) is 18.2 Å². The Balaban J connectivity index is 0.000000465. The van der Waals surface area contributed by atoms with E-state index in [9.17, 15) is 0 Å². The summed E-state index contributed by atoms with van der Waals surface area (Å²) in [6.45, 7) is 1.07. The average molecular weight is 411 g/mol. The number of nitrogens with one attached hydrogen (secondary N) is 1. The number of fused-ring (bicyclic) bond motifs is 1. The van der Waals surface area contributed by atoms with Gasteiger partial charge < -0.3 is 14.6 Å². The van der Waals surface area contributed by atoms with Crippen molar-refractivity contribution >= 4 is 21.5 Å². The standard InChI is InChI=1S/C19H25NOS.CH4O3S/c1-20-13-14(12-15-6-5-11-22-15)16-7-3-9-18-17(16)8-4-10-19(18)21-2;1-5(2,3)4/h4-6,8,10-11,14,16,20H,3,7,9,12-13H2,1-2H3;1H3,(H,2,3,4)/p-1. The van der Waals surface area contributed by atoms with Crippen molar-refractivity contribution in [1.82, 2.24) is 5.32 Å². The summed E-state index contributed by atoms with van der Waals surface area (Å²) in [7, 11) is -0.0628. The Morgan fingerprint density at radius 3 is 2.67 bits per heavy atom. The molecule has 2 unspecified atom stereocenters. The van der Waals surface area contributed by atoms with Gasteiger partial charge in [0.15, 0.2) is 0 Å². The fourth-order valence-electron chi connectivity index (χ4n) is 3.84. The van der Waals surface area contributed by atoms with Crippen LogP contribution < -0.4 is 10.1 Å². The maximum Gasteiger partial charge on any atom is 0.122 e. The Kier molecular flexibility index (Phi) is 8.28. The van der Waals surface area contributed by atoms with Gasteiger partial charge in [0.2, 0.25) is 0 Å². The predicted octanol–water partition coefficient (Wildman–Crippen LogP) is 3.42. The van der Waals surface area contributed by atoms with Gasteiger partial charge in [-0.05, 0) is 79.8 Å². The molecule has 0 aliphatic heterocycles. The van der Waals surface area contributed by atoms with Crippen LogP contribution in [0, 0.1) is 5.92 Å². The van der Waals surface area contributed by atoms with Crippen LogP contribution in [0.5, 0.6) is 5.75 Å². The van der Waals surface area contributed by atoms with Gasteiger partial charge in [-0.3, -0.25) is 0 Å². The lowest BCUT2D eigenvalue weighted by atomic mass is 9.74. The molecule has 1 N–H and O–H groups in total. The van der Waals surface area contributed by atoms with E-state index in [4.69, 9.17) is 17.7 Å². The Bertz CT molecular complexity index is 795. The molecule has 7 heteroatoms. The van der Waals surface area contributed by atoms with Crippen LogP contribution in [0.3, 0.4) is 0 Å². The maximum atomic E-state index is 9.08. The zero-order valence-corrected chi connectivity index (χ0v) is 17.7. The molecule has 3 rings (SSSR count). The maximum absolute atomic E-state index is 9.08. The monoisotopic (exact) mass is 410 g/mol. The molecule has 2 aromatic rings. The lowest BCUT2D eigenvalue weighted by molar-refractivity contribution is 0.357. The average Bonchev–Trinajstić information content (AvgIpc) is 3.12. The summed E-state index contributed by atoms with van der Waals surface area (Å²) in [4.78, 5) is 1.50. The molecular formula is C20H28NO4S2-. The molecule has 0 bridgehead atoms. The SMILES string of the molecule is CNCC(Cc1cccs1)C1CCCc2c(OC)cccc21.CS(=O)(=O)[O-]. The molecule has 0 saturated heterocycles. The second-order valence-corrected chi connectivity index (χ2v) is 9.27. The summed E-state index contributed by atoms with van der Waals surface area (Å²) in [6.07, 6.45) is 5.48. The number of thiophene rings is 1. The first kappa shape index (κ1) is 21.9. The first-order chi connectivity index (χ1) is 12.8. The van der Waals surface area contributed by atoms with Gasteiger partial charge in [0, 0.05) is 11.1 Å². The molecule has 5 nitrogen and oxygen atoms in total. The second-order valence-electron chi connectivity index (χ2n) is 6.83. The highest BCUT2D eigenvalue weighted by molar-refractivity contribution is 7.84. The van der Waals surface area contributed by atoms with E-state index in [1.165, 1.54) is 35.3 Å². The number of hydrogen-bond acceptors (Lipinski definition) is 6. The number of ether oxygens (including phenoxy) is 1. The van der Waals surface area contributed by atoms with E-state index in [2.05, 4.69) is 48.1 Å². The van der Waals surface area contributed by atoms with Gasteiger partial charge in [0.1, 0.15) is 5.75 Å². The number of rotatable bonds is 6. The van der Waals surface area contributed by atoms with Crippen LogP contribution in [-0.2, 0) is 23.0 Å². The third-order valence-corrected chi connectivity index (χ3v) is 5.71. The van der Waals surface area contributed by atoms with Gasteiger partial charge in [0.25, 0.3) is 0 Å². The van der Waals surface area contributed by atoms with Gasteiger partial charge in [-0.2, -0.15) is 0 Å². The number of hydrogen-bond donors (Lipinski definition) is 1. The third kappa shape index (κ3) is 6.92. The van der Waals surface area contributed by atoms with Crippen LogP contribution in [0.25, 0.3) is 0 Å². The summed E-state index contributed by atoms with van der Waals surface area (Å²) in [6, 6.07) is 11.0. The van der Waals surface area contributed by atoms with E-state index in [1.54, 1.807) is 7.11 Å². The number of benzene rings is 1. The van der Waals surface area contributed by atoms with Gasteiger partial charge >= 0.3 is 0 Å². The second kappa shape index (κ2) is 10.2. The van der Waals surface area contributed by atoms with Crippen LogP contribution in [0.4, 0.5) is 0 Å². The fraction of sp³-hybridized carbons (Fsp3) is 0.500. The van der Waals surface area contributed by atoms with Gasteiger partial charge in [-0.25, -0.2) is 8.42 Å². The Labute approximate surface area is 166 Å². The van der Waals surface area contributed by atoms with Crippen molar-refractivity contribution in [3.63, 3.8) is 0 Å². The van der Waals surface area contributed by atoms with Crippen LogP contribution >= 0.6 is 11.3 Å². The smallest absolute Gasteiger partial charge is 0.122 e. The first-order valence-electron chi connectivity index (χ1n) is 9.07.